The van der Waals surface area contributed by atoms with Crippen molar-refractivity contribution in [2.24, 2.45) is 11.5 Å². The van der Waals surface area contributed by atoms with Gasteiger partial charge in [-0.1, -0.05) is 0 Å². The number of carbonyl (C=O) groups is 2. The highest BCUT2D eigenvalue weighted by molar-refractivity contribution is 8.26. The van der Waals surface area contributed by atoms with Crippen molar-refractivity contribution in [3.63, 3.8) is 0 Å². The molecular formula is C9H24N2O12P6S. The van der Waals surface area contributed by atoms with Crippen LogP contribution >= 0.6 is 47.9 Å². The maximum atomic E-state index is 10.6. The Kier molecular flexibility index (Phi) is 25.2. The van der Waals surface area contributed by atoms with E-state index in [2.05, 4.69) is 20.9 Å². The van der Waals surface area contributed by atoms with Crippen LogP contribution in [0.2, 0.25) is 0 Å². The molecule has 21 heteroatoms. The number of carbonyl (C=O) groups excluding carboxylic acids is 2. The summed E-state index contributed by atoms with van der Waals surface area (Å²) in [6, 6.07) is -1.97. The highest BCUT2D eigenvalue weighted by Crippen LogP contribution is 2.38. The molecule has 8 N–H and O–H groups in total. The fourth-order valence-electron chi connectivity index (χ4n) is 0.907. The van der Waals surface area contributed by atoms with Gasteiger partial charge in [0.2, 0.25) is 8.15 Å². The highest BCUT2D eigenvalue weighted by atomic mass is 32.6. The molecule has 0 saturated heterocycles. The summed E-state index contributed by atoms with van der Waals surface area (Å²) in [6.45, 7) is 3.31. The van der Waals surface area contributed by atoms with Crippen LogP contribution in [0.15, 0.2) is 0 Å². The lowest BCUT2D eigenvalue weighted by molar-refractivity contribution is -0.120. The van der Waals surface area contributed by atoms with E-state index in [9.17, 15) is 18.7 Å². The lowest BCUT2D eigenvalue weighted by Crippen LogP contribution is -2.39. The SMILES string of the molecule is CC(=O)[C@@H](N)COP(=O)(O)O.CC(=O)[C@@H](N)[C@@H](C)OP(=O)(O)O.O=PP=S.[3H]PP=O. The molecular weight excluding hydrogens is 546 g/mol. The van der Waals surface area contributed by atoms with Crippen LogP contribution in [0.4, 0.5) is 0 Å². The second-order valence-corrected chi connectivity index (χ2v) is 10.6. The normalized spacial score (nSPS) is 14.9. The summed E-state index contributed by atoms with van der Waals surface area (Å²) < 4.78 is 52.9. The molecule has 0 saturated carbocycles. The molecule has 0 aromatic rings. The quantitative estimate of drug-likeness (QED) is 0.200. The van der Waals surface area contributed by atoms with Crippen LogP contribution in [0, 0.1) is 0 Å². The average molecular weight is 572 g/mol. The molecule has 4 atom stereocenters. The molecule has 0 aliphatic rings. The number of Topliss-reactive ketones (excluding diaryl/α,β-unsaturated/α-hetero) is 2. The molecule has 30 heavy (non-hydrogen) atoms. The Morgan fingerprint density at radius 3 is 1.73 bits per heavy atom. The number of phosphoric ester groups is 2. The third-order valence-corrected chi connectivity index (χ3v) is 4.22. The smallest absolute Gasteiger partial charge is 0.320 e. The van der Waals surface area contributed by atoms with Gasteiger partial charge in [-0.15, -0.1) is 0 Å². The van der Waals surface area contributed by atoms with Gasteiger partial charge in [-0.25, -0.2) is 9.13 Å². The van der Waals surface area contributed by atoms with Crippen molar-refractivity contribution >= 4 is 71.2 Å². The maximum absolute atomic E-state index is 10.6. The lowest BCUT2D eigenvalue weighted by Gasteiger charge is -2.17. The molecule has 0 aliphatic heterocycles. The molecule has 14 nitrogen and oxygen atoms in total. The molecule has 178 valence electrons. The summed E-state index contributed by atoms with van der Waals surface area (Å²) in [4.78, 5) is 54.0. The summed E-state index contributed by atoms with van der Waals surface area (Å²) in [5, 5.41) is 0. The van der Waals surface area contributed by atoms with E-state index in [1.807, 2.05) is 0 Å². The molecule has 0 aliphatic carbocycles. The maximum Gasteiger partial charge on any atom is 0.469 e. The molecule has 0 heterocycles. The Balaban J connectivity index is -0.000000176. The van der Waals surface area contributed by atoms with Crippen molar-refractivity contribution in [1.29, 1.82) is 1.28 Å². The molecule has 0 aromatic heterocycles. The molecule has 0 rings (SSSR count). The summed E-state index contributed by atoms with van der Waals surface area (Å²) in [6.07, 6.45) is -0.983. The number of hydrogen-bond acceptors (Lipinski definition) is 11. The van der Waals surface area contributed by atoms with Gasteiger partial charge in [0.25, 0.3) is 0 Å². The van der Waals surface area contributed by atoms with Gasteiger partial charge in [-0.05, 0) is 41.5 Å². The first-order valence-electron chi connectivity index (χ1n) is 7.50. The van der Waals surface area contributed by atoms with Crippen LogP contribution < -0.4 is 11.5 Å². The molecule has 1 unspecified atom stereocenters. The van der Waals surface area contributed by atoms with Gasteiger partial charge in [0, 0.05) is 0 Å². The standard InChI is InChI=1S/C5H12NO5P.C4H10NO5P.OP2S.H2OP2/c1-3(7)5(6)4(2)11-12(8,9)10;1-3(6)4(5)2-10-11(7,8)9;1-2-3-4;1-3-2/h4-5H,6H2,1-2H3,(H2,8,9,10);4H,2,5H2,1H3,(H2,7,8,9);;2H2/t4-,5-;4-;;/m10../s1/i;;;2T. The number of hydrogen-bond donors (Lipinski definition) is 6. The van der Waals surface area contributed by atoms with E-state index in [4.69, 9.17) is 41.4 Å². The van der Waals surface area contributed by atoms with E-state index in [0.29, 0.717) is 7.04 Å². The van der Waals surface area contributed by atoms with Crippen molar-refractivity contribution < 1.29 is 56.5 Å². The van der Waals surface area contributed by atoms with E-state index >= 15 is 0 Å². The molecule has 0 fully saturated rings. The third kappa shape index (κ3) is 36.0. The van der Waals surface area contributed by atoms with Crippen molar-refractivity contribution in [3.8, 4) is 0 Å². The largest absolute Gasteiger partial charge is 0.469 e. The summed E-state index contributed by atoms with van der Waals surface area (Å²) in [7, 11) is -8.76. The zero-order valence-corrected chi connectivity index (χ0v) is 22.1. The predicted octanol–water partition coefficient (Wildman–Crippen LogP) is 1.08. The Bertz CT molecular complexity index is 642. The number of phosphoric acid groups is 2. The molecule has 0 radical (unpaired) electrons. The minimum atomic E-state index is -4.55. The Morgan fingerprint density at radius 1 is 1.13 bits per heavy atom. The van der Waals surface area contributed by atoms with Gasteiger partial charge in [-0.3, -0.25) is 27.8 Å². The van der Waals surface area contributed by atoms with Gasteiger partial charge in [0.15, 0.2) is 8.15 Å². The first-order chi connectivity index (χ1) is 13.9. The van der Waals surface area contributed by atoms with Gasteiger partial charge in [-0.2, -0.15) is 0 Å². The number of ketones is 2. The highest BCUT2D eigenvalue weighted by Gasteiger charge is 2.25. The third-order valence-electron chi connectivity index (χ3n) is 2.26. The minimum Gasteiger partial charge on any atom is -0.320 e. The minimum absolute atomic E-state index is 0.0355. The zero-order chi connectivity index (χ0) is 25.8. The van der Waals surface area contributed by atoms with Crippen LogP contribution in [0.25, 0.3) is 0 Å². The second-order valence-electron chi connectivity index (χ2n) is 4.70. The van der Waals surface area contributed by atoms with E-state index in [1.165, 1.54) is 20.8 Å². The second kappa shape index (κ2) is 21.5. The number of rotatable bonds is 10. The molecule has 0 amide bonds. The van der Waals surface area contributed by atoms with Crippen molar-refractivity contribution in [2.75, 3.05) is 6.61 Å². The predicted molar refractivity (Wildman–Crippen MR) is 117 cm³/mol. The summed E-state index contributed by atoms with van der Waals surface area (Å²) in [5.74, 6) is -0.755. The fraction of sp³-hybridized carbons (Fsp3) is 0.778. The van der Waals surface area contributed by atoms with Crippen LogP contribution in [0.1, 0.15) is 20.8 Å². The van der Waals surface area contributed by atoms with E-state index < -0.39 is 40.4 Å². The molecule has 0 aromatic carbocycles. The van der Waals surface area contributed by atoms with Gasteiger partial charge in [0.1, 0.15) is 11.6 Å². The summed E-state index contributed by atoms with van der Waals surface area (Å²) >= 11 is 4.20. The van der Waals surface area contributed by atoms with Gasteiger partial charge >= 0.3 is 15.6 Å². The first-order valence-corrected chi connectivity index (χ1v) is 15.6. The average Bonchev–Trinajstić information content (AvgIpc) is 2.64. The fourth-order valence-corrected chi connectivity index (χ4v) is 1.83. The van der Waals surface area contributed by atoms with Crippen molar-refractivity contribution in [1.82, 2.24) is 0 Å². The van der Waals surface area contributed by atoms with Crippen LogP contribution in [-0.2, 0) is 48.7 Å². The Hall–Kier alpha value is 0.630. The lowest BCUT2D eigenvalue weighted by atomic mass is 10.1. The van der Waals surface area contributed by atoms with Crippen molar-refractivity contribution in [2.45, 2.75) is 39.0 Å². The summed E-state index contributed by atoms with van der Waals surface area (Å²) in [5.41, 5.74) is 10.4. The van der Waals surface area contributed by atoms with E-state index in [-0.39, 0.29) is 36.7 Å². The monoisotopic (exact) mass is 572 g/mol. The van der Waals surface area contributed by atoms with Crippen molar-refractivity contribution in [3.05, 3.63) is 0 Å². The van der Waals surface area contributed by atoms with Gasteiger partial charge in [0.05, 0.1) is 33.1 Å². The molecule has 0 bridgehead atoms. The van der Waals surface area contributed by atoms with Crippen LogP contribution in [-0.4, -0.2) is 57.2 Å². The number of nitrogens with two attached hydrogens (primary N) is 2. The van der Waals surface area contributed by atoms with E-state index in [0.717, 1.165) is 0 Å². The van der Waals surface area contributed by atoms with Gasteiger partial charge < -0.3 is 31.0 Å². The topological polar surface area (TPSA) is 254 Å². The zero-order valence-electron chi connectivity index (χ0n) is 16.8. The van der Waals surface area contributed by atoms with Crippen LogP contribution in [0.5, 0.6) is 0 Å². The first kappa shape index (κ1) is 35.2. The van der Waals surface area contributed by atoms with Crippen LogP contribution in [0.3, 0.4) is 0 Å². The Labute approximate surface area is 186 Å². The van der Waals surface area contributed by atoms with E-state index in [1.54, 1.807) is 0 Å². The Morgan fingerprint density at radius 2 is 1.53 bits per heavy atom. The molecule has 0 spiro atoms.